The molecule has 0 bridgehead atoms. The summed E-state index contributed by atoms with van der Waals surface area (Å²) in [7, 11) is 0. The van der Waals surface area contributed by atoms with Gasteiger partial charge < -0.3 is 10.1 Å². The topological polar surface area (TPSA) is 21.3 Å². The van der Waals surface area contributed by atoms with Gasteiger partial charge in [-0.3, -0.25) is 0 Å². The quantitative estimate of drug-likeness (QED) is 0.699. The van der Waals surface area contributed by atoms with Crippen molar-refractivity contribution in [3.05, 3.63) is 42.0 Å². The van der Waals surface area contributed by atoms with E-state index in [1.807, 2.05) is 12.1 Å². The van der Waals surface area contributed by atoms with Gasteiger partial charge in [-0.25, -0.2) is 0 Å². The first-order chi connectivity index (χ1) is 8.69. The largest absolute Gasteiger partial charge is 0.494 e. The smallest absolute Gasteiger partial charge is 0.119 e. The molecule has 0 saturated heterocycles. The second kappa shape index (κ2) is 7.93. The van der Waals surface area contributed by atoms with Gasteiger partial charge in [-0.2, -0.15) is 0 Å². The van der Waals surface area contributed by atoms with E-state index in [1.165, 1.54) is 5.56 Å². The highest BCUT2D eigenvalue weighted by Crippen LogP contribution is 2.24. The van der Waals surface area contributed by atoms with Crippen molar-refractivity contribution >= 4 is 0 Å². The van der Waals surface area contributed by atoms with Gasteiger partial charge in [0.05, 0.1) is 12.6 Å². The molecular weight excluding hydrogens is 222 g/mol. The summed E-state index contributed by atoms with van der Waals surface area (Å²) in [4.78, 5) is 0. The minimum absolute atomic E-state index is 0.218. The van der Waals surface area contributed by atoms with Crippen LogP contribution in [-0.4, -0.2) is 13.2 Å². The van der Waals surface area contributed by atoms with Crippen LogP contribution in [0.15, 0.2) is 36.4 Å². The fraction of sp³-hybridized carbons (Fsp3) is 0.500. The van der Waals surface area contributed by atoms with Crippen molar-refractivity contribution < 1.29 is 4.74 Å². The first-order valence-electron chi connectivity index (χ1n) is 6.80. The molecule has 0 heterocycles. The SMILES string of the molecule is C=C(C)C(NCCC)c1cccc(OCCC)c1. The fourth-order valence-corrected chi connectivity index (χ4v) is 1.87. The van der Waals surface area contributed by atoms with E-state index in [9.17, 15) is 0 Å². The van der Waals surface area contributed by atoms with Crippen molar-refractivity contribution in [3.8, 4) is 5.75 Å². The second-order valence-electron chi connectivity index (χ2n) is 4.65. The Morgan fingerprint density at radius 2 is 2.11 bits per heavy atom. The number of rotatable bonds is 8. The van der Waals surface area contributed by atoms with E-state index in [4.69, 9.17) is 4.74 Å². The number of nitrogens with one attached hydrogen (secondary N) is 1. The lowest BCUT2D eigenvalue weighted by Crippen LogP contribution is -2.22. The van der Waals surface area contributed by atoms with Gasteiger partial charge in [0.15, 0.2) is 0 Å². The van der Waals surface area contributed by atoms with Gasteiger partial charge in [0, 0.05) is 0 Å². The lowest BCUT2D eigenvalue weighted by atomic mass is 10.0. The zero-order valence-electron chi connectivity index (χ0n) is 11.8. The van der Waals surface area contributed by atoms with Crippen molar-refractivity contribution in [2.24, 2.45) is 0 Å². The first-order valence-corrected chi connectivity index (χ1v) is 6.80. The van der Waals surface area contributed by atoms with Crippen LogP contribution < -0.4 is 10.1 Å². The van der Waals surface area contributed by atoms with Gasteiger partial charge in [0.1, 0.15) is 5.75 Å². The lowest BCUT2D eigenvalue weighted by molar-refractivity contribution is 0.317. The summed E-state index contributed by atoms with van der Waals surface area (Å²) >= 11 is 0. The molecule has 0 aliphatic heterocycles. The van der Waals surface area contributed by atoms with E-state index in [1.54, 1.807) is 0 Å². The van der Waals surface area contributed by atoms with Gasteiger partial charge in [-0.1, -0.05) is 38.1 Å². The van der Waals surface area contributed by atoms with Crippen LogP contribution in [0.1, 0.15) is 45.2 Å². The minimum Gasteiger partial charge on any atom is -0.494 e. The van der Waals surface area contributed by atoms with Crippen LogP contribution in [0, 0.1) is 0 Å². The standard InChI is InChI=1S/C16H25NO/c1-5-10-17-16(13(3)4)14-8-7-9-15(12-14)18-11-6-2/h7-9,12,16-17H,3,5-6,10-11H2,1-2,4H3. The van der Waals surface area contributed by atoms with Crippen LogP contribution in [-0.2, 0) is 0 Å². The first kappa shape index (κ1) is 14.8. The third-order valence-corrected chi connectivity index (χ3v) is 2.76. The zero-order chi connectivity index (χ0) is 13.4. The predicted molar refractivity (Wildman–Crippen MR) is 78.1 cm³/mol. The van der Waals surface area contributed by atoms with E-state index in [0.717, 1.165) is 37.3 Å². The summed E-state index contributed by atoms with van der Waals surface area (Å²) in [6.07, 6.45) is 2.15. The lowest BCUT2D eigenvalue weighted by Gasteiger charge is -2.20. The highest BCUT2D eigenvalue weighted by atomic mass is 16.5. The normalized spacial score (nSPS) is 12.2. The zero-order valence-corrected chi connectivity index (χ0v) is 11.8. The summed E-state index contributed by atoms with van der Waals surface area (Å²) < 4.78 is 5.67. The highest BCUT2D eigenvalue weighted by Gasteiger charge is 2.11. The number of ether oxygens (including phenoxy) is 1. The molecule has 1 unspecified atom stereocenters. The molecule has 1 aromatic rings. The molecule has 18 heavy (non-hydrogen) atoms. The summed E-state index contributed by atoms with van der Waals surface area (Å²) in [5.41, 5.74) is 2.36. The molecule has 0 spiro atoms. The molecule has 1 atom stereocenters. The Morgan fingerprint density at radius 1 is 1.33 bits per heavy atom. The highest BCUT2D eigenvalue weighted by molar-refractivity contribution is 5.34. The van der Waals surface area contributed by atoms with E-state index < -0.39 is 0 Å². The van der Waals surface area contributed by atoms with Crippen molar-refractivity contribution in [1.29, 1.82) is 0 Å². The molecule has 0 fully saturated rings. The van der Waals surface area contributed by atoms with Crippen LogP contribution in [0.3, 0.4) is 0 Å². The summed E-state index contributed by atoms with van der Waals surface area (Å²) in [5.74, 6) is 0.943. The van der Waals surface area contributed by atoms with Gasteiger partial charge >= 0.3 is 0 Å². The molecule has 0 aliphatic rings. The van der Waals surface area contributed by atoms with Crippen LogP contribution >= 0.6 is 0 Å². The number of benzene rings is 1. The molecule has 0 aliphatic carbocycles. The van der Waals surface area contributed by atoms with E-state index >= 15 is 0 Å². The molecule has 0 amide bonds. The van der Waals surface area contributed by atoms with Crippen LogP contribution in [0.2, 0.25) is 0 Å². The second-order valence-corrected chi connectivity index (χ2v) is 4.65. The minimum atomic E-state index is 0.218. The molecule has 2 nitrogen and oxygen atoms in total. The van der Waals surface area contributed by atoms with Gasteiger partial charge in [-0.05, 0) is 44.0 Å². The van der Waals surface area contributed by atoms with Crippen LogP contribution in [0.25, 0.3) is 0 Å². The Bertz CT molecular complexity index is 373. The van der Waals surface area contributed by atoms with Gasteiger partial charge in [-0.15, -0.1) is 0 Å². The van der Waals surface area contributed by atoms with Crippen molar-refractivity contribution in [2.75, 3.05) is 13.2 Å². The Kier molecular flexibility index (Phi) is 6.51. The third-order valence-electron chi connectivity index (χ3n) is 2.76. The summed E-state index contributed by atoms with van der Waals surface area (Å²) in [6, 6.07) is 8.51. The third kappa shape index (κ3) is 4.53. The van der Waals surface area contributed by atoms with Gasteiger partial charge in [0.2, 0.25) is 0 Å². The molecular formula is C16H25NO. The Morgan fingerprint density at radius 3 is 2.72 bits per heavy atom. The summed E-state index contributed by atoms with van der Waals surface area (Å²) in [6.45, 7) is 12.2. The van der Waals surface area contributed by atoms with Crippen molar-refractivity contribution in [3.63, 3.8) is 0 Å². The maximum absolute atomic E-state index is 5.67. The van der Waals surface area contributed by atoms with Crippen molar-refractivity contribution in [1.82, 2.24) is 5.32 Å². The molecule has 1 N–H and O–H groups in total. The van der Waals surface area contributed by atoms with E-state index in [2.05, 4.69) is 44.8 Å². The van der Waals surface area contributed by atoms with Crippen LogP contribution in [0.4, 0.5) is 0 Å². The molecule has 2 heteroatoms. The van der Waals surface area contributed by atoms with E-state index in [0.29, 0.717) is 0 Å². The number of hydrogen-bond acceptors (Lipinski definition) is 2. The molecule has 100 valence electrons. The average molecular weight is 247 g/mol. The predicted octanol–water partition coefficient (Wildman–Crippen LogP) is 4.09. The molecule has 1 aromatic carbocycles. The summed E-state index contributed by atoms with van der Waals surface area (Å²) in [5, 5.41) is 3.51. The van der Waals surface area contributed by atoms with Crippen molar-refractivity contribution in [2.45, 2.75) is 39.7 Å². The Labute approximate surface area is 111 Å². The molecule has 0 aromatic heterocycles. The Hall–Kier alpha value is -1.28. The molecule has 0 saturated carbocycles. The maximum atomic E-state index is 5.67. The number of hydrogen-bond donors (Lipinski definition) is 1. The monoisotopic (exact) mass is 247 g/mol. The van der Waals surface area contributed by atoms with Crippen LogP contribution in [0.5, 0.6) is 5.75 Å². The van der Waals surface area contributed by atoms with E-state index in [-0.39, 0.29) is 6.04 Å². The Balaban J connectivity index is 2.80. The molecule has 0 radical (unpaired) electrons. The maximum Gasteiger partial charge on any atom is 0.119 e. The average Bonchev–Trinajstić information content (AvgIpc) is 2.37. The molecule has 1 rings (SSSR count). The fourth-order valence-electron chi connectivity index (χ4n) is 1.87. The van der Waals surface area contributed by atoms with Gasteiger partial charge in [0.25, 0.3) is 0 Å².